The molecule has 0 spiro atoms. The maximum Gasteiger partial charge on any atom is 0.333 e. The second kappa shape index (κ2) is 3.96. The van der Waals surface area contributed by atoms with Gasteiger partial charge in [0.15, 0.2) is 0 Å². The van der Waals surface area contributed by atoms with Crippen LogP contribution in [-0.2, 0) is 0 Å². The number of fused-ring (bicyclic) bond motifs is 1. The minimum Gasteiger partial charge on any atom is -0.306 e. The van der Waals surface area contributed by atoms with Gasteiger partial charge in [-0.25, -0.2) is 9.36 Å². The van der Waals surface area contributed by atoms with Gasteiger partial charge in [0, 0.05) is 0 Å². The van der Waals surface area contributed by atoms with E-state index in [0.717, 1.165) is 10.1 Å². The van der Waals surface area contributed by atoms with Gasteiger partial charge in [-0.15, -0.1) is 11.3 Å². The minimum atomic E-state index is -0.408. The number of benzene rings is 1. The van der Waals surface area contributed by atoms with E-state index in [4.69, 9.17) is 0 Å². The van der Waals surface area contributed by atoms with E-state index in [-0.39, 0.29) is 5.56 Å². The predicted octanol–water partition coefficient (Wildman–Crippen LogP) is 2.05. The molecule has 0 amide bonds. The van der Waals surface area contributed by atoms with Gasteiger partial charge in [-0.1, -0.05) is 17.7 Å². The normalized spacial score (nSPS) is 10.9. The molecule has 0 unspecified atom stereocenters. The Labute approximate surface area is 106 Å². The third kappa shape index (κ3) is 1.60. The molecule has 90 valence electrons. The Hall–Kier alpha value is -2.14. The summed E-state index contributed by atoms with van der Waals surface area (Å²) in [7, 11) is 0. The molecule has 0 fully saturated rings. The van der Waals surface area contributed by atoms with Crippen molar-refractivity contribution in [2.24, 2.45) is 0 Å². The number of nitrogens with one attached hydrogen (secondary N) is 1. The summed E-state index contributed by atoms with van der Waals surface area (Å²) in [6, 6.07) is 9.03. The number of rotatable bonds is 1. The summed E-state index contributed by atoms with van der Waals surface area (Å²) in [5, 5.41) is 1.79. The molecule has 0 aliphatic rings. The Kier molecular flexibility index (Phi) is 2.41. The molecule has 1 N–H and O–H groups in total. The largest absolute Gasteiger partial charge is 0.333 e. The van der Waals surface area contributed by atoms with E-state index in [9.17, 15) is 9.59 Å². The molecule has 2 heterocycles. The molecule has 0 saturated carbocycles. The van der Waals surface area contributed by atoms with Gasteiger partial charge in [-0.2, -0.15) is 0 Å². The standard InChI is InChI=1S/C13H10N2O2S/c1-8-2-4-9(5-3-8)15-12(16)11-10(6-7-18-11)14-13(15)17/h2-7H,1H3,(H,14,17). The van der Waals surface area contributed by atoms with Crippen molar-refractivity contribution in [1.29, 1.82) is 0 Å². The second-order valence-electron chi connectivity index (χ2n) is 4.07. The molecule has 0 radical (unpaired) electrons. The number of hydrogen-bond acceptors (Lipinski definition) is 3. The highest BCUT2D eigenvalue weighted by Gasteiger charge is 2.09. The molecular weight excluding hydrogens is 248 g/mol. The first-order valence-corrected chi connectivity index (χ1v) is 6.34. The van der Waals surface area contributed by atoms with E-state index in [0.29, 0.717) is 15.9 Å². The summed E-state index contributed by atoms with van der Waals surface area (Å²) in [4.78, 5) is 26.9. The lowest BCUT2D eigenvalue weighted by atomic mass is 10.2. The molecule has 18 heavy (non-hydrogen) atoms. The predicted molar refractivity (Wildman–Crippen MR) is 72.8 cm³/mol. The highest BCUT2D eigenvalue weighted by atomic mass is 32.1. The van der Waals surface area contributed by atoms with Crippen molar-refractivity contribution < 1.29 is 0 Å². The quantitative estimate of drug-likeness (QED) is 0.726. The Morgan fingerprint density at radius 3 is 2.56 bits per heavy atom. The number of nitrogens with zero attached hydrogens (tertiary/aromatic N) is 1. The first kappa shape index (κ1) is 11.0. The highest BCUT2D eigenvalue weighted by Crippen LogP contribution is 2.13. The van der Waals surface area contributed by atoms with Crippen LogP contribution in [-0.4, -0.2) is 9.55 Å². The highest BCUT2D eigenvalue weighted by molar-refractivity contribution is 7.17. The van der Waals surface area contributed by atoms with Gasteiger partial charge in [0.2, 0.25) is 0 Å². The zero-order chi connectivity index (χ0) is 12.7. The van der Waals surface area contributed by atoms with E-state index >= 15 is 0 Å². The van der Waals surface area contributed by atoms with Crippen LogP contribution in [0.4, 0.5) is 0 Å². The number of aryl methyl sites for hydroxylation is 1. The Bertz CT molecular complexity index is 825. The van der Waals surface area contributed by atoms with Crippen LogP contribution in [0.1, 0.15) is 5.56 Å². The number of aromatic nitrogens is 2. The van der Waals surface area contributed by atoms with E-state index < -0.39 is 5.69 Å². The van der Waals surface area contributed by atoms with Crippen LogP contribution in [0.2, 0.25) is 0 Å². The Morgan fingerprint density at radius 1 is 1.11 bits per heavy atom. The fourth-order valence-corrected chi connectivity index (χ4v) is 2.64. The Morgan fingerprint density at radius 2 is 1.83 bits per heavy atom. The van der Waals surface area contributed by atoms with Crippen molar-refractivity contribution in [2.45, 2.75) is 6.92 Å². The number of thiophene rings is 1. The van der Waals surface area contributed by atoms with Crippen LogP contribution < -0.4 is 11.2 Å². The van der Waals surface area contributed by atoms with Crippen LogP contribution in [0.3, 0.4) is 0 Å². The molecule has 0 saturated heterocycles. The van der Waals surface area contributed by atoms with Gasteiger partial charge >= 0.3 is 5.69 Å². The smallest absolute Gasteiger partial charge is 0.306 e. The van der Waals surface area contributed by atoms with Crippen LogP contribution in [0.5, 0.6) is 0 Å². The summed E-state index contributed by atoms with van der Waals surface area (Å²) < 4.78 is 1.73. The molecule has 0 aliphatic carbocycles. The number of hydrogen-bond donors (Lipinski definition) is 1. The zero-order valence-electron chi connectivity index (χ0n) is 9.64. The molecule has 2 aromatic heterocycles. The van der Waals surface area contributed by atoms with Gasteiger partial charge in [0.25, 0.3) is 5.56 Å². The topological polar surface area (TPSA) is 54.9 Å². The van der Waals surface area contributed by atoms with Crippen molar-refractivity contribution in [1.82, 2.24) is 9.55 Å². The van der Waals surface area contributed by atoms with Gasteiger partial charge in [-0.05, 0) is 30.5 Å². The maximum atomic E-state index is 12.2. The maximum absolute atomic E-state index is 12.2. The molecule has 4 nitrogen and oxygen atoms in total. The second-order valence-corrected chi connectivity index (χ2v) is 4.99. The molecule has 3 rings (SSSR count). The summed E-state index contributed by atoms with van der Waals surface area (Å²) in [5.41, 5.74) is 1.59. The first-order chi connectivity index (χ1) is 8.66. The molecule has 0 atom stereocenters. The minimum absolute atomic E-state index is 0.271. The van der Waals surface area contributed by atoms with Crippen LogP contribution in [0.15, 0.2) is 45.3 Å². The fourth-order valence-electron chi connectivity index (χ4n) is 1.87. The molecule has 3 aromatic rings. The molecule has 0 bridgehead atoms. The zero-order valence-corrected chi connectivity index (χ0v) is 10.5. The lowest BCUT2D eigenvalue weighted by Gasteiger charge is -2.04. The third-order valence-corrected chi connectivity index (χ3v) is 3.70. The molecule has 1 aromatic carbocycles. The first-order valence-electron chi connectivity index (χ1n) is 5.46. The van der Waals surface area contributed by atoms with Gasteiger partial charge in [-0.3, -0.25) is 4.79 Å². The summed E-state index contributed by atoms with van der Waals surface area (Å²) in [6.45, 7) is 1.96. The Balaban J connectivity index is 2.38. The monoisotopic (exact) mass is 258 g/mol. The third-order valence-electron chi connectivity index (χ3n) is 2.80. The SMILES string of the molecule is Cc1ccc(-n2c(=O)[nH]c3ccsc3c2=O)cc1. The van der Waals surface area contributed by atoms with Crippen molar-refractivity contribution in [2.75, 3.05) is 0 Å². The average molecular weight is 258 g/mol. The van der Waals surface area contributed by atoms with Crippen LogP contribution in [0, 0.1) is 6.92 Å². The number of aromatic amines is 1. The lowest BCUT2D eigenvalue weighted by molar-refractivity contribution is 0.904. The van der Waals surface area contributed by atoms with E-state index in [1.54, 1.807) is 23.6 Å². The number of H-pyrrole nitrogens is 1. The molecule has 0 aliphatic heterocycles. The van der Waals surface area contributed by atoms with Crippen LogP contribution >= 0.6 is 11.3 Å². The summed E-state index contributed by atoms with van der Waals surface area (Å²) >= 11 is 1.33. The summed E-state index contributed by atoms with van der Waals surface area (Å²) in [5.74, 6) is 0. The van der Waals surface area contributed by atoms with Crippen molar-refractivity contribution >= 4 is 21.6 Å². The van der Waals surface area contributed by atoms with E-state index in [1.807, 2.05) is 19.1 Å². The molecule has 5 heteroatoms. The van der Waals surface area contributed by atoms with Crippen molar-refractivity contribution in [3.05, 3.63) is 62.1 Å². The van der Waals surface area contributed by atoms with Crippen molar-refractivity contribution in [3.63, 3.8) is 0 Å². The van der Waals surface area contributed by atoms with Gasteiger partial charge < -0.3 is 4.98 Å². The van der Waals surface area contributed by atoms with E-state index in [2.05, 4.69) is 4.98 Å². The van der Waals surface area contributed by atoms with Crippen LogP contribution in [0.25, 0.3) is 15.9 Å². The van der Waals surface area contributed by atoms with Crippen molar-refractivity contribution in [3.8, 4) is 5.69 Å². The van der Waals surface area contributed by atoms with Gasteiger partial charge in [0.1, 0.15) is 4.70 Å². The fraction of sp³-hybridized carbons (Fsp3) is 0.0769. The summed E-state index contributed by atoms with van der Waals surface area (Å²) in [6.07, 6.45) is 0. The van der Waals surface area contributed by atoms with E-state index in [1.165, 1.54) is 11.3 Å². The lowest BCUT2D eigenvalue weighted by Crippen LogP contribution is -2.32. The molecular formula is C13H10N2O2S. The van der Waals surface area contributed by atoms with Gasteiger partial charge in [0.05, 0.1) is 11.2 Å². The average Bonchev–Trinajstić information content (AvgIpc) is 2.80.